The van der Waals surface area contributed by atoms with E-state index in [1.807, 2.05) is 0 Å². The van der Waals surface area contributed by atoms with Gasteiger partial charge >= 0.3 is 60.8 Å². The average molecular weight is 180 g/mol. The quantitative estimate of drug-likeness (QED) is 0.300. The molecule has 0 aliphatic rings. The Labute approximate surface area is 92.2 Å². The first-order valence-corrected chi connectivity index (χ1v) is 2.24. The minimum absolute atomic E-state index is 0. The molecule has 0 amide bonds. The van der Waals surface area contributed by atoms with E-state index in [1.54, 1.807) is 0 Å². The molecule has 0 aromatic heterocycles. The molecule has 3 N–H and O–H groups in total. The van der Waals surface area contributed by atoms with Crippen LogP contribution in [0.2, 0.25) is 0 Å². The third kappa shape index (κ3) is 92.8. The monoisotopic (exact) mass is 180 g/mol. The second kappa shape index (κ2) is 9.10. The summed E-state index contributed by atoms with van der Waals surface area (Å²) >= 11 is 0. The normalized spacial score (nSPS) is 7.38. The van der Waals surface area contributed by atoms with E-state index < -0.39 is 7.82 Å². The Morgan fingerprint density at radius 1 is 1.38 bits per heavy atom. The Morgan fingerprint density at radius 3 is 1.38 bits per heavy atom. The van der Waals surface area contributed by atoms with E-state index in [4.69, 9.17) is 19.2 Å². The zero-order valence-corrected chi connectivity index (χ0v) is 6.43. The Morgan fingerprint density at radius 2 is 1.38 bits per heavy atom. The molecule has 0 spiro atoms. The van der Waals surface area contributed by atoms with Gasteiger partial charge in [-0.3, -0.25) is 0 Å². The second-order valence-corrected chi connectivity index (χ2v) is 1.41. The van der Waals surface area contributed by atoms with Crippen molar-refractivity contribution in [2.24, 2.45) is 0 Å². The minimum Gasteiger partial charge on any atom is -0.790 e. The van der Waals surface area contributed by atoms with Crippen LogP contribution in [0.15, 0.2) is 0 Å². The third-order valence-corrected chi connectivity index (χ3v) is 0. The van der Waals surface area contributed by atoms with Crippen LogP contribution in [-0.4, -0.2) is 71.2 Å². The smallest absolute Gasteiger partial charge is 0.790 e. The van der Waals surface area contributed by atoms with Gasteiger partial charge in [-0.05, 0) is 0 Å². The van der Waals surface area contributed by atoms with Crippen LogP contribution in [0.25, 0.3) is 0 Å². The fraction of sp³-hybridized carbons (Fsp3) is 0. The van der Waals surface area contributed by atoms with E-state index in [0.717, 1.165) is 0 Å². The van der Waals surface area contributed by atoms with Gasteiger partial charge in [0, 0.05) is 0 Å². The van der Waals surface area contributed by atoms with Gasteiger partial charge in [-0.2, -0.15) is 0 Å². The van der Waals surface area contributed by atoms with Gasteiger partial charge in [0.2, 0.25) is 0 Å². The molecule has 8 heteroatoms. The number of rotatable bonds is 0. The van der Waals surface area contributed by atoms with Gasteiger partial charge in [0.05, 0.1) is 7.82 Å². The van der Waals surface area contributed by atoms with Gasteiger partial charge in [-0.25, -0.2) is 0 Å². The van der Waals surface area contributed by atoms with Crippen LogP contribution in [-0.2, 0) is 4.57 Å². The van der Waals surface area contributed by atoms with Crippen LogP contribution >= 0.6 is 7.82 Å². The molecule has 0 aromatic carbocycles. The molecule has 0 saturated heterocycles. The van der Waals surface area contributed by atoms with Gasteiger partial charge in [-0.15, -0.1) is 0 Å². The Hall–Kier alpha value is 2.10. The number of phosphoric acid groups is 1. The number of hydrogen-bond acceptors (Lipinski definition) is 3. The van der Waals surface area contributed by atoms with Crippen molar-refractivity contribution in [1.82, 2.24) is 0 Å². The van der Waals surface area contributed by atoms with Crippen LogP contribution in [0.5, 0.6) is 0 Å². The molecule has 0 heterocycles. The summed E-state index contributed by atoms with van der Waals surface area (Å²) < 4.78 is 8.66. The summed E-state index contributed by atoms with van der Waals surface area (Å²) in [6.07, 6.45) is 0. The molecule has 0 aliphatic heterocycles. The van der Waals surface area contributed by atoms with E-state index >= 15 is 0 Å². The average Bonchev–Trinajstić information content (AvgIpc) is 0.722. The van der Waals surface area contributed by atoms with E-state index in [0.29, 0.717) is 0 Å². The first-order chi connectivity index (χ1) is 2.00. The van der Waals surface area contributed by atoms with Crippen LogP contribution in [0.4, 0.5) is 0 Å². The molecule has 0 aliphatic carbocycles. The van der Waals surface area contributed by atoms with Crippen molar-refractivity contribution >= 4 is 68.6 Å². The van der Waals surface area contributed by atoms with E-state index in [2.05, 4.69) is 0 Å². The van der Waals surface area contributed by atoms with Crippen molar-refractivity contribution in [3.63, 3.8) is 0 Å². The molecule has 0 aromatic rings. The Kier molecular flexibility index (Phi) is 25.6. The predicted octanol–water partition coefficient (Wildman–Crippen LogP) is -4.31. The SMILES string of the molecule is O.O=P([O-])([O-])O.[Ca+2].[MgH2]. The summed E-state index contributed by atoms with van der Waals surface area (Å²) in [5.41, 5.74) is 0. The Bertz CT molecular complexity index is 58.6. The van der Waals surface area contributed by atoms with Crippen molar-refractivity contribution in [3.05, 3.63) is 0 Å². The fourth-order valence-corrected chi connectivity index (χ4v) is 0. The van der Waals surface area contributed by atoms with Crippen molar-refractivity contribution in [2.45, 2.75) is 0 Å². The van der Waals surface area contributed by atoms with Gasteiger partial charge in [0.1, 0.15) is 0 Å². The standard InChI is InChI=1S/Ca.Mg.H3O4P.H2O.2H/c;;1-5(2,3)4;;;/h;;(H3,1,2,3,4);1H2;;/q+2;;;;;/p-2. The molecule has 8 heavy (non-hydrogen) atoms. The zero-order chi connectivity index (χ0) is 4.50. The zero-order valence-electron chi connectivity index (χ0n) is 3.33. The number of hydrogen-bond donors (Lipinski definition) is 1. The van der Waals surface area contributed by atoms with E-state index in [-0.39, 0.29) is 66.3 Å². The summed E-state index contributed by atoms with van der Waals surface area (Å²) in [7, 11) is -5.14. The van der Waals surface area contributed by atoms with E-state index in [1.165, 1.54) is 0 Å². The van der Waals surface area contributed by atoms with Crippen molar-refractivity contribution < 1.29 is 24.7 Å². The van der Waals surface area contributed by atoms with Gasteiger partial charge in [-0.1, -0.05) is 0 Å². The first kappa shape index (κ1) is 22.5. The molecule has 5 nitrogen and oxygen atoms in total. The van der Waals surface area contributed by atoms with Crippen LogP contribution in [0.3, 0.4) is 0 Å². The molecule has 0 rings (SSSR count). The van der Waals surface area contributed by atoms with Crippen LogP contribution in [0.1, 0.15) is 0 Å². The molecule has 0 atom stereocenters. The van der Waals surface area contributed by atoms with Crippen molar-refractivity contribution in [3.8, 4) is 0 Å². The Balaban J connectivity index is -0.0000000267. The van der Waals surface area contributed by atoms with Crippen molar-refractivity contribution in [2.75, 3.05) is 0 Å². The molecule has 44 valence electrons. The van der Waals surface area contributed by atoms with Gasteiger partial charge in [0.25, 0.3) is 0 Å². The minimum atomic E-state index is -5.14. The van der Waals surface area contributed by atoms with Gasteiger partial charge in [0.15, 0.2) is 0 Å². The summed E-state index contributed by atoms with van der Waals surface area (Å²) in [5, 5.41) is 0. The molecular weight excluding hydrogens is 175 g/mol. The van der Waals surface area contributed by atoms with Crippen molar-refractivity contribution in [1.29, 1.82) is 0 Å². The summed E-state index contributed by atoms with van der Waals surface area (Å²) in [4.78, 5) is 24.3. The molecule has 0 bridgehead atoms. The maximum Gasteiger partial charge on any atom is 2.00 e. The molecule has 0 saturated carbocycles. The summed E-state index contributed by atoms with van der Waals surface area (Å²) in [6, 6.07) is 0. The topological polar surface area (TPSA) is 115 Å². The molecule has 0 radical (unpaired) electrons. The summed E-state index contributed by atoms with van der Waals surface area (Å²) in [6.45, 7) is 0. The molecular formula is H5CaMgO5P. The maximum absolute atomic E-state index is 8.66. The third-order valence-electron chi connectivity index (χ3n) is 0. The van der Waals surface area contributed by atoms with Gasteiger partial charge < -0.3 is 24.7 Å². The fourth-order valence-electron chi connectivity index (χ4n) is 0. The second-order valence-electron chi connectivity index (χ2n) is 0.469. The summed E-state index contributed by atoms with van der Waals surface area (Å²) in [5.74, 6) is 0. The molecule has 0 fully saturated rings. The first-order valence-electron chi connectivity index (χ1n) is 0.748. The van der Waals surface area contributed by atoms with Crippen LogP contribution < -0.4 is 9.79 Å². The largest absolute Gasteiger partial charge is 2.00 e. The van der Waals surface area contributed by atoms with E-state index in [9.17, 15) is 0 Å². The van der Waals surface area contributed by atoms with Crippen LogP contribution in [0, 0.1) is 0 Å². The predicted molar refractivity (Wildman–Crippen MR) is 27.7 cm³/mol. The maximum atomic E-state index is 8.66. The molecule has 0 unspecified atom stereocenters.